The molecule has 0 bridgehead atoms. The van der Waals surface area contributed by atoms with Crippen molar-refractivity contribution in [3.63, 3.8) is 0 Å². The molecule has 1 aliphatic heterocycles. The zero-order chi connectivity index (χ0) is 15.0. The summed E-state index contributed by atoms with van der Waals surface area (Å²) in [6.45, 7) is 6.29. The molecule has 6 heteroatoms. The predicted molar refractivity (Wildman–Crippen MR) is 78.4 cm³/mol. The van der Waals surface area contributed by atoms with Crippen LogP contribution in [0.2, 0.25) is 0 Å². The summed E-state index contributed by atoms with van der Waals surface area (Å²) in [6.07, 6.45) is 1.92. The summed E-state index contributed by atoms with van der Waals surface area (Å²) in [4.78, 5) is 22.8. The van der Waals surface area contributed by atoms with Gasteiger partial charge in [0, 0.05) is 24.9 Å². The van der Waals surface area contributed by atoms with E-state index in [4.69, 9.17) is 0 Å². The van der Waals surface area contributed by atoms with Crippen molar-refractivity contribution in [3.05, 3.63) is 29.3 Å². The fraction of sp³-hybridized carbons (Fsp3) is 0.467. The van der Waals surface area contributed by atoms with Gasteiger partial charge in [0.05, 0.1) is 11.7 Å². The Morgan fingerprint density at radius 3 is 2.76 bits per heavy atom. The molecule has 1 N–H and O–H groups in total. The van der Waals surface area contributed by atoms with E-state index in [-0.39, 0.29) is 11.9 Å². The Hall–Kier alpha value is -2.24. The third-order valence-electron chi connectivity index (χ3n) is 3.80. The number of aromatic amines is 1. The van der Waals surface area contributed by atoms with Gasteiger partial charge in [-0.2, -0.15) is 5.10 Å². The molecule has 0 aromatic carbocycles. The number of aryl methyl sites for hydroxylation is 2. The van der Waals surface area contributed by atoms with Crippen LogP contribution >= 0.6 is 0 Å². The second kappa shape index (κ2) is 5.27. The first-order chi connectivity index (χ1) is 10.0. The molecular weight excluding hydrogens is 266 g/mol. The lowest BCUT2D eigenvalue weighted by Crippen LogP contribution is -2.29. The van der Waals surface area contributed by atoms with Crippen molar-refractivity contribution < 1.29 is 4.79 Å². The van der Waals surface area contributed by atoms with Crippen molar-refractivity contribution in [1.29, 1.82) is 0 Å². The lowest BCUT2D eigenvalue weighted by atomic mass is 10.1. The number of rotatable bonds is 2. The van der Waals surface area contributed by atoms with E-state index in [0.29, 0.717) is 0 Å². The molecule has 0 unspecified atom stereocenters. The highest BCUT2D eigenvalue weighted by atomic mass is 16.2. The average Bonchev–Trinajstić information content (AvgIpc) is 3.06. The Bertz CT molecular complexity index is 678. The molecule has 0 spiro atoms. The second-order valence-corrected chi connectivity index (χ2v) is 5.56. The van der Waals surface area contributed by atoms with E-state index in [9.17, 15) is 4.79 Å². The molecule has 110 valence electrons. The van der Waals surface area contributed by atoms with Crippen molar-refractivity contribution in [2.75, 3.05) is 6.54 Å². The maximum absolute atomic E-state index is 11.7. The number of likely N-dealkylation sites (tertiary alicyclic amines) is 1. The summed E-state index contributed by atoms with van der Waals surface area (Å²) >= 11 is 0. The minimum absolute atomic E-state index is 0.0128. The van der Waals surface area contributed by atoms with Crippen LogP contribution in [0.4, 0.5) is 0 Å². The van der Waals surface area contributed by atoms with Crippen LogP contribution in [0, 0.1) is 13.8 Å². The summed E-state index contributed by atoms with van der Waals surface area (Å²) in [5.41, 5.74) is 3.50. The molecule has 0 radical (unpaired) electrons. The molecule has 0 aliphatic carbocycles. The molecule has 6 nitrogen and oxygen atoms in total. The average molecular weight is 285 g/mol. The SMILES string of the molecule is CC(=O)N1CCC[C@@H]1c1nc(C)cc(-c2cc(C)[nH]n2)n1. The Labute approximate surface area is 123 Å². The van der Waals surface area contributed by atoms with Gasteiger partial charge in [-0.25, -0.2) is 9.97 Å². The summed E-state index contributed by atoms with van der Waals surface area (Å²) in [5, 5.41) is 7.18. The smallest absolute Gasteiger partial charge is 0.220 e. The van der Waals surface area contributed by atoms with Crippen molar-refractivity contribution in [1.82, 2.24) is 25.1 Å². The number of amides is 1. The molecule has 0 saturated carbocycles. The van der Waals surface area contributed by atoms with Crippen LogP contribution in [0.25, 0.3) is 11.4 Å². The van der Waals surface area contributed by atoms with Crippen LogP contribution < -0.4 is 0 Å². The topological polar surface area (TPSA) is 74.8 Å². The quantitative estimate of drug-likeness (QED) is 0.917. The summed E-state index contributed by atoms with van der Waals surface area (Å²) < 4.78 is 0. The molecule has 3 heterocycles. The molecule has 1 atom stereocenters. The molecule has 1 aliphatic rings. The van der Waals surface area contributed by atoms with Crippen molar-refractivity contribution in [2.45, 2.75) is 39.7 Å². The third kappa shape index (κ3) is 2.66. The second-order valence-electron chi connectivity index (χ2n) is 5.56. The van der Waals surface area contributed by atoms with Gasteiger partial charge in [0.1, 0.15) is 5.69 Å². The lowest BCUT2D eigenvalue weighted by molar-refractivity contribution is -0.129. The highest BCUT2D eigenvalue weighted by Crippen LogP contribution is 2.31. The maximum Gasteiger partial charge on any atom is 0.220 e. The standard InChI is InChI=1S/C15H19N5O/c1-9-7-12(13-8-10(2)18-19-13)17-15(16-9)14-5-4-6-20(14)11(3)21/h7-8,14H,4-6H2,1-3H3,(H,18,19)/t14-/m1/s1. The minimum atomic E-state index is -0.0128. The maximum atomic E-state index is 11.7. The van der Waals surface area contributed by atoms with E-state index in [1.165, 1.54) is 0 Å². The van der Waals surface area contributed by atoms with E-state index < -0.39 is 0 Å². The molecule has 1 fully saturated rings. The van der Waals surface area contributed by atoms with Crippen LogP contribution in [-0.4, -0.2) is 37.5 Å². The highest BCUT2D eigenvalue weighted by Gasteiger charge is 2.30. The fourth-order valence-corrected chi connectivity index (χ4v) is 2.83. The first kappa shape index (κ1) is 13.7. The number of carbonyl (C=O) groups is 1. The van der Waals surface area contributed by atoms with Crippen LogP contribution in [0.1, 0.15) is 43.0 Å². The zero-order valence-corrected chi connectivity index (χ0v) is 12.6. The van der Waals surface area contributed by atoms with Crippen LogP contribution in [-0.2, 0) is 4.79 Å². The predicted octanol–water partition coefficient (Wildman–Crippen LogP) is 2.17. The molecule has 1 saturated heterocycles. The van der Waals surface area contributed by atoms with Gasteiger partial charge in [0.25, 0.3) is 0 Å². The number of nitrogens with zero attached hydrogens (tertiary/aromatic N) is 4. The molecular formula is C15H19N5O. The first-order valence-electron chi connectivity index (χ1n) is 7.20. The number of H-pyrrole nitrogens is 1. The summed E-state index contributed by atoms with van der Waals surface area (Å²) in [6, 6.07) is 3.87. The number of nitrogens with one attached hydrogen (secondary N) is 1. The minimum Gasteiger partial charge on any atom is -0.333 e. The molecule has 2 aromatic rings. The number of hydrogen-bond acceptors (Lipinski definition) is 4. The van der Waals surface area contributed by atoms with Crippen LogP contribution in [0.15, 0.2) is 12.1 Å². The normalized spacial score (nSPS) is 18.2. The fourth-order valence-electron chi connectivity index (χ4n) is 2.83. The van der Waals surface area contributed by atoms with Gasteiger partial charge in [0.2, 0.25) is 5.91 Å². The van der Waals surface area contributed by atoms with Crippen molar-refractivity contribution in [3.8, 4) is 11.4 Å². The van der Waals surface area contributed by atoms with Gasteiger partial charge >= 0.3 is 0 Å². The Morgan fingerprint density at radius 1 is 1.29 bits per heavy atom. The van der Waals surface area contributed by atoms with E-state index >= 15 is 0 Å². The monoisotopic (exact) mass is 285 g/mol. The van der Waals surface area contributed by atoms with Gasteiger partial charge in [0.15, 0.2) is 5.82 Å². The van der Waals surface area contributed by atoms with Gasteiger partial charge in [-0.1, -0.05) is 0 Å². The Balaban J connectivity index is 2.00. The lowest BCUT2D eigenvalue weighted by Gasteiger charge is -2.22. The third-order valence-corrected chi connectivity index (χ3v) is 3.80. The van der Waals surface area contributed by atoms with E-state index in [1.54, 1.807) is 6.92 Å². The molecule has 1 amide bonds. The molecule has 2 aromatic heterocycles. The first-order valence-corrected chi connectivity index (χ1v) is 7.20. The Kier molecular flexibility index (Phi) is 3.45. The molecule has 21 heavy (non-hydrogen) atoms. The van der Waals surface area contributed by atoms with E-state index in [0.717, 1.165) is 48.0 Å². The van der Waals surface area contributed by atoms with Crippen molar-refractivity contribution >= 4 is 5.91 Å². The van der Waals surface area contributed by atoms with Crippen LogP contribution in [0.5, 0.6) is 0 Å². The van der Waals surface area contributed by atoms with Gasteiger partial charge < -0.3 is 4.90 Å². The van der Waals surface area contributed by atoms with E-state index in [2.05, 4.69) is 20.2 Å². The van der Waals surface area contributed by atoms with E-state index in [1.807, 2.05) is 30.9 Å². The number of carbonyl (C=O) groups excluding carboxylic acids is 1. The largest absolute Gasteiger partial charge is 0.333 e. The number of aromatic nitrogens is 4. The van der Waals surface area contributed by atoms with Crippen LogP contribution in [0.3, 0.4) is 0 Å². The van der Waals surface area contributed by atoms with Crippen molar-refractivity contribution in [2.24, 2.45) is 0 Å². The number of hydrogen-bond donors (Lipinski definition) is 1. The highest BCUT2D eigenvalue weighted by molar-refractivity contribution is 5.74. The Morgan fingerprint density at radius 2 is 2.10 bits per heavy atom. The molecule has 3 rings (SSSR count). The summed E-state index contributed by atoms with van der Waals surface area (Å²) in [7, 11) is 0. The zero-order valence-electron chi connectivity index (χ0n) is 12.6. The summed E-state index contributed by atoms with van der Waals surface area (Å²) in [5.74, 6) is 0.804. The van der Waals surface area contributed by atoms with Gasteiger partial charge in [-0.15, -0.1) is 0 Å². The van der Waals surface area contributed by atoms with Gasteiger partial charge in [-0.05, 0) is 38.8 Å². The van der Waals surface area contributed by atoms with Gasteiger partial charge in [-0.3, -0.25) is 9.89 Å².